The summed E-state index contributed by atoms with van der Waals surface area (Å²) in [6.45, 7) is 10.7. The van der Waals surface area contributed by atoms with Crippen molar-refractivity contribution >= 4 is 5.57 Å². The van der Waals surface area contributed by atoms with Crippen molar-refractivity contribution in [2.24, 2.45) is 0 Å². The summed E-state index contributed by atoms with van der Waals surface area (Å²) in [5, 5.41) is 0. The maximum Gasteiger partial charge on any atom is 0.122 e. The van der Waals surface area contributed by atoms with Gasteiger partial charge in [0.05, 0.1) is 13.7 Å². The average molecular weight is 272 g/mol. The lowest BCUT2D eigenvalue weighted by Crippen LogP contribution is -1.97. The highest BCUT2D eigenvalue weighted by molar-refractivity contribution is 5.75. The minimum atomic E-state index is 0.643. The third-order valence-electron chi connectivity index (χ3n) is 2.99. The summed E-state index contributed by atoms with van der Waals surface area (Å²) in [6, 6.07) is 6.25. The number of ether oxygens (including phenoxy) is 2. The van der Waals surface area contributed by atoms with E-state index < -0.39 is 0 Å². The van der Waals surface area contributed by atoms with Crippen LogP contribution in [0.2, 0.25) is 0 Å². The molecule has 20 heavy (non-hydrogen) atoms. The molecule has 0 radical (unpaired) electrons. The van der Waals surface area contributed by atoms with E-state index >= 15 is 0 Å². The van der Waals surface area contributed by atoms with Gasteiger partial charge in [-0.25, -0.2) is 0 Å². The van der Waals surface area contributed by atoms with Crippen LogP contribution in [0.5, 0.6) is 5.75 Å². The standard InChI is InChI=1S/C18H24O2/c1-6-12-20-18-11-10-17(13-14(18)3)16(7-2)9-8-15(4)19-5/h7-11,13H,4,6,12H2,1-3,5H3/b9-8-,16-7+. The molecular weight excluding hydrogens is 248 g/mol. The molecule has 1 aromatic carbocycles. The fourth-order valence-electron chi connectivity index (χ4n) is 1.81. The lowest BCUT2D eigenvalue weighted by molar-refractivity contribution is 0.309. The van der Waals surface area contributed by atoms with Crippen molar-refractivity contribution in [3.05, 3.63) is 59.9 Å². The smallest absolute Gasteiger partial charge is 0.122 e. The summed E-state index contributed by atoms with van der Waals surface area (Å²) in [4.78, 5) is 0. The van der Waals surface area contributed by atoms with Crippen molar-refractivity contribution in [2.45, 2.75) is 27.2 Å². The third-order valence-corrected chi connectivity index (χ3v) is 2.99. The van der Waals surface area contributed by atoms with E-state index in [1.54, 1.807) is 7.11 Å². The van der Waals surface area contributed by atoms with Crippen LogP contribution in [0, 0.1) is 6.92 Å². The first-order valence-corrected chi connectivity index (χ1v) is 6.93. The zero-order valence-corrected chi connectivity index (χ0v) is 12.9. The molecule has 0 saturated carbocycles. The second-order valence-electron chi connectivity index (χ2n) is 4.58. The van der Waals surface area contributed by atoms with Crippen LogP contribution in [-0.2, 0) is 4.74 Å². The van der Waals surface area contributed by atoms with Crippen LogP contribution in [-0.4, -0.2) is 13.7 Å². The number of hydrogen-bond acceptors (Lipinski definition) is 2. The summed E-state index contributed by atoms with van der Waals surface area (Å²) in [6.07, 6.45) is 6.96. The average Bonchev–Trinajstić information content (AvgIpc) is 2.46. The molecule has 0 aliphatic carbocycles. The molecule has 0 aliphatic heterocycles. The molecular formula is C18H24O2. The van der Waals surface area contributed by atoms with Crippen LogP contribution >= 0.6 is 0 Å². The van der Waals surface area contributed by atoms with Crippen molar-refractivity contribution < 1.29 is 9.47 Å². The number of rotatable bonds is 7. The molecule has 1 aromatic rings. The maximum atomic E-state index is 5.70. The molecule has 0 unspecified atom stereocenters. The highest BCUT2D eigenvalue weighted by atomic mass is 16.5. The lowest BCUT2D eigenvalue weighted by Gasteiger charge is -2.10. The number of benzene rings is 1. The van der Waals surface area contributed by atoms with Crippen LogP contribution < -0.4 is 4.74 Å². The fourth-order valence-corrected chi connectivity index (χ4v) is 1.81. The first-order valence-electron chi connectivity index (χ1n) is 6.93. The lowest BCUT2D eigenvalue weighted by atomic mass is 10.0. The van der Waals surface area contributed by atoms with E-state index in [0.717, 1.165) is 35.5 Å². The molecule has 0 spiro atoms. The summed E-state index contributed by atoms with van der Waals surface area (Å²) in [7, 11) is 1.62. The van der Waals surface area contributed by atoms with Crippen LogP contribution in [0.25, 0.3) is 5.57 Å². The molecule has 0 N–H and O–H groups in total. The van der Waals surface area contributed by atoms with E-state index in [1.807, 2.05) is 25.1 Å². The van der Waals surface area contributed by atoms with Gasteiger partial charge >= 0.3 is 0 Å². The number of hydrogen-bond donors (Lipinski definition) is 0. The quantitative estimate of drug-likeness (QED) is 0.519. The van der Waals surface area contributed by atoms with Gasteiger partial charge < -0.3 is 9.47 Å². The normalized spacial score (nSPS) is 11.7. The first-order chi connectivity index (χ1) is 9.62. The first kappa shape index (κ1) is 16.1. The summed E-state index contributed by atoms with van der Waals surface area (Å²) in [5.74, 6) is 1.60. The highest BCUT2D eigenvalue weighted by Gasteiger charge is 2.03. The molecule has 2 heteroatoms. The van der Waals surface area contributed by atoms with Gasteiger partial charge in [-0.15, -0.1) is 0 Å². The minimum absolute atomic E-state index is 0.643. The molecule has 0 atom stereocenters. The summed E-state index contributed by atoms with van der Waals surface area (Å²) < 4.78 is 10.7. The van der Waals surface area contributed by atoms with E-state index in [-0.39, 0.29) is 0 Å². The monoisotopic (exact) mass is 272 g/mol. The van der Waals surface area contributed by atoms with Crippen LogP contribution in [0.4, 0.5) is 0 Å². The largest absolute Gasteiger partial charge is 0.497 e. The van der Waals surface area contributed by atoms with Crippen LogP contribution in [0.3, 0.4) is 0 Å². The Hall–Kier alpha value is -1.96. The van der Waals surface area contributed by atoms with Gasteiger partial charge in [-0.05, 0) is 55.2 Å². The Bertz CT molecular complexity index is 510. The minimum Gasteiger partial charge on any atom is -0.497 e. The van der Waals surface area contributed by atoms with Gasteiger partial charge in [0.2, 0.25) is 0 Å². The molecule has 0 saturated heterocycles. The third kappa shape index (κ3) is 4.61. The maximum absolute atomic E-state index is 5.70. The van der Waals surface area contributed by atoms with Crippen LogP contribution in [0.1, 0.15) is 31.4 Å². The van der Waals surface area contributed by atoms with Crippen molar-refractivity contribution in [1.29, 1.82) is 0 Å². The zero-order valence-electron chi connectivity index (χ0n) is 12.9. The summed E-state index contributed by atoms with van der Waals surface area (Å²) >= 11 is 0. The summed E-state index contributed by atoms with van der Waals surface area (Å²) in [5.41, 5.74) is 3.44. The van der Waals surface area contributed by atoms with Crippen molar-refractivity contribution in [1.82, 2.24) is 0 Å². The second kappa shape index (κ2) is 8.26. The molecule has 1 rings (SSSR count). The molecule has 2 nitrogen and oxygen atoms in total. The van der Waals surface area contributed by atoms with E-state index in [4.69, 9.17) is 9.47 Å². The Morgan fingerprint density at radius 2 is 2.05 bits per heavy atom. The number of allylic oxidation sites excluding steroid dienone is 4. The van der Waals surface area contributed by atoms with Gasteiger partial charge in [-0.2, -0.15) is 0 Å². The van der Waals surface area contributed by atoms with Gasteiger partial charge in [0, 0.05) is 0 Å². The van der Waals surface area contributed by atoms with Crippen molar-refractivity contribution in [3.8, 4) is 5.75 Å². The fraction of sp³-hybridized carbons (Fsp3) is 0.333. The van der Waals surface area contributed by atoms with E-state index in [9.17, 15) is 0 Å². The molecule has 0 amide bonds. The van der Waals surface area contributed by atoms with Gasteiger partial charge in [-0.1, -0.05) is 31.7 Å². The zero-order chi connectivity index (χ0) is 15.0. The van der Waals surface area contributed by atoms with Crippen molar-refractivity contribution in [3.63, 3.8) is 0 Å². The Labute approximate surface area is 122 Å². The molecule has 0 aliphatic rings. The second-order valence-corrected chi connectivity index (χ2v) is 4.58. The predicted molar refractivity (Wildman–Crippen MR) is 85.9 cm³/mol. The highest BCUT2D eigenvalue weighted by Crippen LogP contribution is 2.24. The SMILES string of the molecule is C=C(/C=C\C(=C/C)c1ccc(OCCC)c(C)c1)OC. The molecule has 0 fully saturated rings. The van der Waals surface area contributed by atoms with E-state index in [2.05, 4.69) is 38.6 Å². The Balaban J connectivity index is 2.92. The van der Waals surface area contributed by atoms with Gasteiger partial charge in [0.1, 0.15) is 11.5 Å². The van der Waals surface area contributed by atoms with Crippen LogP contribution in [0.15, 0.2) is 48.8 Å². The molecule has 108 valence electrons. The Morgan fingerprint density at radius 3 is 2.60 bits per heavy atom. The molecule has 0 aromatic heterocycles. The van der Waals surface area contributed by atoms with Crippen molar-refractivity contribution in [2.75, 3.05) is 13.7 Å². The number of aryl methyl sites for hydroxylation is 1. The Kier molecular flexibility index (Phi) is 6.65. The topological polar surface area (TPSA) is 18.5 Å². The predicted octanol–water partition coefficient (Wildman–Crippen LogP) is 4.90. The van der Waals surface area contributed by atoms with E-state index in [1.165, 1.54) is 0 Å². The number of methoxy groups -OCH3 is 1. The Morgan fingerprint density at radius 1 is 1.30 bits per heavy atom. The van der Waals surface area contributed by atoms with Gasteiger partial charge in [0.25, 0.3) is 0 Å². The molecule has 0 bridgehead atoms. The molecule has 0 heterocycles. The van der Waals surface area contributed by atoms with Gasteiger partial charge in [0.15, 0.2) is 0 Å². The van der Waals surface area contributed by atoms with E-state index in [0.29, 0.717) is 5.76 Å². The van der Waals surface area contributed by atoms with Gasteiger partial charge in [-0.3, -0.25) is 0 Å².